The maximum atomic E-state index is 12.8. The van der Waals surface area contributed by atoms with Crippen molar-refractivity contribution in [2.75, 3.05) is 5.75 Å². The van der Waals surface area contributed by atoms with Gasteiger partial charge in [0.2, 0.25) is 0 Å². The molecular formula is C16H21NO3S. The van der Waals surface area contributed by atoms with Crippen molar-refractivity contribution in [3.63, 3.8) is 0 Å². The quantitative estimate of drug-likeness (QED) is 0.933. The molecule has 114 valence electrons. The summed E-state index contributed by atoms with van der Waals surface area (Å²) < 4.78 is 0. The lowest BCUT2D eigenvalue weighted by molar-refractivity contribution is -0.141. The lowest BCUT2D eigenvalue weighted by Crippen LogP contribution is -2.47. The van der Waals surface area contributed by atoms with E-state index in [2.05, 4.69) is 0 Å². The average Bonchev–Trinajstić information content (AvgIpc) is 2.81. The maximum Gasteiger partial charge on any atom is 0.327 e. The van der Waals surface area contributed by atoms with Crippen LogP contribution in [-0.4, -0.2) is 39.1 Å². The summed E-state index contributed by atoms with van der Waals surface area (Å²) in [7, 11) is 0. The van der Waals surface area contributed by atoms with Gasteiger partial charge in [0, 0.05) is 11.3 Å². The van der Waals surface area contributed by atoms with Gasteiger partial charge in [-0.25, -0.2) is 4.79 Å². The van der Waals surface area contributed by atoms with Crippen molar-refractivity contribution < 1.29 is 14.7 Å². The zero-order valence-corrected chi connectivity index (χ0v) is 13.6. The van der Waals surface area contributed by atoms with Crippen LogP contribution >= 0.6 is 11.8 Å². The molecule has 0 bridgehead atoms. The summed E-state index contributed by atoms with van der Waals surface area (Å²) in [5.41, 5.74) is 2.60. The minimum absolute atomic E-state index is 0.0839. The molecule has 0 aliphatic carbocycles. The van der Waals surface area contributed by atoms with Crippen molar-refractivity contribution in [2.24, 2.45) is 5.92 Å². The highest BCUT2D eigenvalue weighted by Crippen LogP contribution is 2.35. The molecule has 4 nitrogen and oxygen atoms in total. The molecule has 1 aromatic rings. The zero-order chi connectivity index (χ0) is 15.7. The summed E-state index contributed by atoms with van der Waals surface area (Å²) >= 11 is 1.55. The molecule has 0 aromatic heterocycles. The fourth-order valence-electron chi connectivity index (χ4n) is 2.74. The van der Waals surface area contributed by atoms with Gasteiger partial charge in [-0.05, 0) is 31.9 Å². The number of carboxylic acids is 1. The Morgan fingerprint density at radius 2 is 1.81 bits per heavy atom. The SMILES string of the molecule is Cc1cc(C)cc(C(=O)N2C(C(=O)O)CSC2C(C)C)c1. The van der Waals surface area contributed by atoms with E-state index in [1.54, 1.807) is 16.7 Å². The standard InChI is InChI=1S/C16H21NO3S/c1-9(2)15-17(13(8-21-15)16(19)20)14(18)12-6-10(3)5-11(4)7-12/h5-7,9,13,15H,8H2,1-4H3,(H,19,20). The van der Waals surface area contributed by atoms with E-state index in [-0.39, 0.29) is 17.2 Å². The van der Waals surface area contributed by atoms with E-state index in [1.165, 1.54) is 0 Å². The number of aryl methyl sites for hydroxylation is 2. The van der Waals surface area contributed by atoms with Crippen LogP contribution in [-0.2, 0) is 4.79 Å². The molecule has 2 rings (SSSR count). The lowest BCUT2D eigenvalue weighted by atomic mass is 10.0. The number of carbonyl (C=O) groups excluding carboxylic acids is 1. The number of benzene rings is 1. The Balaban J connectivity index is 2.38. The molecule has 1 amide bonds. The molecule has 0 saturated carbocycles. The number of carboxylic acid groups (broad SMARTS) is 1. The summed E-state index contributed by atoms with van der Waals surface area (Å²) in [5, 5.41) is 9.30. The predicted octanol–water partition coefficient (Wildman–Crippen LogP) is 2.93. The first-order chi connectivity index (χ1) is 9.81. The molecule has 0 radical (unpaired) electrons. The number of carbonyl (C=O) groups is 2. The van der Waals surface area contributed by atoms with Crippen molar-refractivity contribution in [3.8, 4) is 0 Å². The van der Waals surface area contributed by atoms with Crippen LogP contribution in [0.3, 0.4) is 0 Å². The third kappa shape index (κ3) is 3.23. The Kier molecular flexibility index (Phi) is 4.61. The Morgan fingerprint density at radius 1 is 1.24 bits per heavy atom. The van der Waals surface area contributed by atoms with Crippen molar-refractivity contribution in [1.29, 1.82) is 0 Å². The average molecular weight is 307 g/mol. The molecule has 0 spiro atoms. The number of amides is 1. The number of hydrogen-bond acceptors (Lipinski definition) is 3. The topological polar surface area (TPSA) is 57.6 Å². The zero-order valence-electron chi connectivity index (χ0n) is 12.8. The normalized spacial score (nSPS) is 21.9. The number of nitrogens with zero attached hydrogens (tertiary/aromatic N) is 1. The van der Waals surface area contributed by atoms with Gasteiger partial charge in [-0.1, -0.05) is 31.0 Å². The smallest absolute Gasteiger partial charge is 0.327 e. The highest BCUT2D eigenvalue weighted by atomic mass is 32.2. The molecule has 1 saturated heterocycles. The fourth-order valence-corrected chi connectivity index (χ4v) is 4.21. The van der Waals surface area contributed by atoms with Crippen LogP contribution in [0.5, 0.6) is 0 Å². The molecule has 2 unspecified atom stereocenters. The number of aliphatic carboxylic acids is 1. The lowest BCUT2D eigenvalue weighted by Gasteiger charge is -2.30. The van der Waals surface area contributed by atoms with E-state index in [1.807, 2.05) is 45.9 Å². The second-order valence-corrected chi connectivity index (χ2v) is 7.06. The van der Waals surface area contributed by atoms with Gasteiger partial charge >= 0.3 is 5.97 Å². The molecule has 1 fully saturated rings. The van der Waals surface area contributed by atoms with Crippen LogP contribution in [0.15, 0.2) is 18.2 Å². The summed E-state index contributed by atoms with van der Waals surface area (Å²) in [4.78, 5) is 25.8. The van der Waals surface area contributed by atoms with Crippen molar-refractivity contribution in [3.05, 3.63) is 34.9 Å². The largest absolute Gasteiger partial charge is 0.480 e. The second kappa shape index (κ2) is 6.10. The first kappa shape index (κ1) is 15.9. The van der Waals surface area contributed by atoms with E-state index in [0.29, 0.717) is 11.3 Å². The summed E-state index contributed by atoms with van der Waals surface area (Å²) in [5.74, 6) is -0.440. The fraction of sp³-hybridized carbons (Fsp3) is 0.500. The highest BCUT2D eigenvalue weighted by Gasteiger charge is 2.43. The van der Waals surface area contributed by atoms with E-state index in [0.717, 1.165) is 11.1 Å². The van der Waals surface area contributed by atoms with Crippen molar-refractivity contribution in [1.82, 2.24) is 4.90 Å². The van der Waals surface area contributed by atoms with E-state index >= 15 is 0 Å². The minimum Gasteiger partial charge on any atom is -0.480 e. The first-order valence-electron chi connectivity index (χ1n) is 7.06. The molecule has 2 atom stereocenters. The van der Waals surface area contributed by atoms with Crippen LogP contribution in [0.1, 0.15) is 35.3 Å². The summed E-state index contributed by atoms with van der Waals surface area (Å²) in [6.45, 7) is 7.92. The van der Waals surface area contributed by atoms with Gasteiger partial charge in [-0.2, -0.15) is 0 Å². The van der Waals surface area contributed by atoms with Gasteiger partial charge in [0.05, 0.1) is 5.37 Å². The molecule has 21 heavy (non-hydrogen) atoms. The minimum atomic E-state index is -0.927. The van der Waals surface area contributed by atoms with Crippen LogP contribution in [0.25, 0.3) is 0 Å². The number of hydrogen-bond donors (Lipinski definition) is 1. The highest BCUT2D eigenvalue weighted by molar-refractivity contribution is 8.00. The van der Waals surface area contributed by atoms with Crippen LogP contribution < -0.4 is 0 Å². The predicted molar refractivity (Wildman–Crippen MR) is 84.6 cm³/mol. The van der Waals surface area contributed by atoms with Crippen LogP contribution in [0, 0.1) is 19.8 Å². The molecule has 1 aliphatic rings. The first-order valence-corrected chi connectivity index (χ1v) is 8.11. The van der Waals surface area contributed by atoms with Gasteiger partial charge in [-0.3, -0.25) is 4.79 Å². The van der Waals surface area contributed by atoms with Gasteiger partial charge in [-0.15, -0.1) is 11.8 Å². The summed E-state index contributed by atoms with van der Waals surface area (Å²) in [6.07, 6.45) is 0. The van der Waals surface area contributed by atoms with E-state index < -0.39 is 12.0 Å². The van der Waals surface area contributed by atoms with Crippen molar-refractivity contribution >= 4 is 23.6 Å². The maximum absolute atomic E-state index is 12.8. The number of thioether (sulfide) groups is 1. The van der Waals surface area contributed by atoms with Gasteiger partial charge in [0.1, 0.15) is 6.04 Å². The Bertz CT molecular complexity index is 550. The second-order valence-electron chi connectivity index (χ2n) is 5.91. The molecule has 1 N–H and O–H groups in total. The molecule has 1 heterocycles. The monoisotopic (exact) mass is 307 g/mol. The summed E-state index contributed by atoms with van der Waals surface area (Å²) in [6, 6.07) is 4.92. The van der Waals surface area contributed by atoms with E-state index in [9.17, 15) is 14.7 Å². The Morgan fingerprint density at radius 3 is 2.29 bits per heavy atom. The molecule has 5 heteroatoms. The van der Waals surface area contributed by atoms with E-state index in [4.69, 9.17) is 0 Å². The van der Waals surface area contributed by atoms with Crippen molar-refractivity contribution in [2.45, 2.75) is 39.1 Å². The van der Waals surface area contributed by atoms with Gasteiger partial charge in [0.15, 0.2) is 0 Å². The molecule has 1 aromatic carbocycles. The van der Waals surface area contributed by atoms with Crippen LogP contribution in [0.4, 0.5) is 0 Å². The molecule has 1 aliphatic heterocycles. The Hall–Kier alpha value is -1.49. The van der Waals surface area contributed by atoms with Gasteiger partial charge in [0.25, 0.3) is 5.91 Å². The molecular weight excluding hydrogens is 286 g/mol. The number of rotatable bonds is 3. The Labute approximate surface area is 129 Å². The third-order valence-corrected chi connectivity index (χ3v) is 5.21. The van der Waals surface area contributed by atoms with Crippen LogP contribution in [0.2, 0.25) is 0 Å². The van der Waals surface area contributed by atoms with Gasteiger partial charge < -0.3 is 10.0 Å². The third-order valence-electron chi connectivity index (χ3n) is 3.59.